The van der Waals surface area contributed by atoms with Crippen molar-refractivity contribution in [3.8, 4) is 11.5 Å². The van der Waals surface area contributed by atoms with Gasteiger partial charge < -0.3 is 14.6 Å². The average Bonchev–Trinajstić information content (AvgIpc) is 2.26. The Morgan fingerprint density at radius 1 is 1.24 bits per heavy atom. The van der Waals surface area contributed by atoms with Gasteiger partial charge >= 0.3 is 0 Å². The highest BCUT2D eigenvalue weighted by Gasteiger charge is 2.10. The number of aliphatic hydroxyl groups is 1. The maximum Gasteiger partial charge on any atom is 0.168 e. The van der Waals surface area contributed by atoms with Crippen LogP contribution in [-0.4, -0.2) is 24.4 Å². The summed E-state index contributed by atoms with van der Waals surface area (Å²) in [6.07, 6.45) is 3.14. The highest BCUT2D eigenvalue weighted by Crippen LogP contribution is 2.32. The number of ether oxygens (including phenoxy) is 2. The first-order chi connectivity index (χ1) is 8.04. The van der Waals surface area contributed by atoms with Crippen LogP contribution < -0.4 is 9.47 Å². The van der Waals surface area contributed by atoms with Crippen LogP contribution in [0.2, 0.25) is 0 Å². The van der Waals surface area contributed by atoms with Crippen LogP contribution in [0.3, 0.4) is 0 Å². The van der Waals surface area contributed by atoms with Crippen LogP contribution in [0.15, 0.2) is 24.3 Å². The second-order valence-electron chi connectivity index (χ2n) is 4.14. The zero-order chi connectivity index (χ0) is 12.8. The molecule has 0 radical (unpaired) electrons. The lowest BCUT2D eigenvalue weighted by molar-refractivity contribution is 0.229. The van der Waals surface area contributed by atoms with Gasteiger partial charge in [-0.15, -0.1) is 0 Å². The lowest BCUT2D eigenvalue weighted by atomic mass is 10.1. The molecule has 0 aliphatic rings. The molecule has 1 atom stereocenters. The van der Waals surface area contributed by atoms with Gasteiger partial charge in [0.15, 0.2) is 11.5 Å². The molecule has 3 nitrogen and oxygen atoms in total. The molecule has 0 bridgehead atoms. The fourth-order valence-corrected chi connectivity index (χ4v) is 1.43. The minimum absolute atomic E-state index is 0.0741. The van der Waals surface area contributed by atoms with Crippen LogP contribution in [0, 0.1) is 0 Å². The van der Waals surface area contributed by atoms with E-state index in [4.69, 9.17) is 9.47 Å². The molecular formula is C14H20O3. The Bertz CT molecular complexity index is 381. The largest absolute Gasteiger partial charge is 0.493 e. The first kappa shape index (κ1) is 13.6. The predicted octanol–water partition coefficient (Wildman–Crippen LogP) is 2.88. The fourth-order valence-electron chi connectivity index (χ4n) is 1.43. The summed E-state index contributed by atoms with van der Waals surface area (Å²) in [6, 6.07) is 5.68. The molecule has 0 saturated carbocycles. The highest BCUT2D eigenvalue weighted by atomic mass is 16.5. The second-order valence-corrected chi connectivity index (χ2v) is 4.14. The van der Waals surface area contributed by atoms with Crippen LogP contribution in [0.4, 0.5) is 0 Å². The summed E-state index contributed by atoms with van der Waals surface area (Å²) in [7, 11) is 1.62. The van der Waals surface area contributed by atoms with Gasteiger partial charge in [0.1, 0.15) is 0 Å². The lowest BCUT2D eigenvalue weighted by Crippen LogP contribution is -2.08. The minimum Gasteiger partial charge on any atom is -0.493 e. The van der Waals surface area contributed by atoms with Crippen LogP contribution in [0.1, 0.15) is 26.3 Å². The zero-order valence-corrected chi connectivity index (χ0v) is 10.8. The third-order valence-electron chi connectivity index (χ3n) is 2.14. The summed E-state index contributed by atoms with van der Waals surface area (Å²) in [4.78, 5) is 0. The van der Waals surface area contributed by atoms with Crippen molar-refractivity contribution in [1.82, 2.24) is 0 Å². The van der Waals surface area contributed by atoms with E-state index in [2.05, 4.69) is 0 Å². The van der Waals surface area contributed by atoms with Gasteiger partial charge in [-0.1, -0.05) is 24.3 Å². The molecule has 1 unspecified atom stereocenters. The van der Waals surface area contributed by atoms with Crippen molar-refractivity contribution in [1.29, 1.82) is 0 Å². The van der Waals surface area contributed by atoms with Gasteiger partial charge in [-0.25, -0.2) is 0 Å². The number of hydrogen-bond acceptors (Lipinski definition) is 3. The summed E-state index contributed by atoms with van der Waals surface area (Å²) in [5.74, 6) is 1.41. The highest BCUT2D eigenvalue weighted by molar-refractivity contribution is 5.62. The Morgan fingerprint density at radius 2 is 1.94 bits per heavy atom. The van der Waals surface area contributed by atoms with Crippen molar-refractivity contribution in [2.75, 3.05) is 7.11 Å². The molecule has 0 fully saturated rings. The first-order valence-corrected chi connectivity index (χ1v) is 5.74. The Hall–Kier alpha value is -1.48. The maximum atomic E-state index is 9.25. The van der Waals surface area contributed by atoms with Crippen molar-refractivity contribution in [2.45, 2.75) is 33.0 Å². The standard InChI is InChI=1S/C14H20O3/c1-10(2)17-14-12(9-8-11(3)15)6-5-7-13(14)16-4/h5-11,15H,1-4H3/b9-8+. The molecule has 0 saturated heterocycles. The molecule has 1 N–H and O–H groups in total. The molecule has 0 aromatic heterocycles. The topological polar surface area (TPSA) is 38.7 Å². The lowest BCUT2D eigenvalue weighted by Gasteiger charge is -2.15. The van der Waals surface area contributed by atoms with E-state index in [1.807, 2.05) is 38.1 Å². The van der Waals surface area contributed by atoms with E-state index >= 15 is 0 Å². The molecule has 0 aliphatic heterocycles. The predicted molar refractivity (Wildman–Crippen MR) is 69.5 cm³/mol. The quantitative estimate of drug-likeness (QED) is 0.854. The van der Waals surface area contributed by atoms with Crippen LogP contribution in [0.5, 0.6) is 11.5 Å². The summed E-state index contributed by atoms with van der Waals surface area (Å²) in [5, 5.41) is 9.25. The van der Waals surface area contributed by atoms with Crippen molar-refractivity contribution in [3.63, 3.8) is 0 Å². The van der Waals surface area contributed by atoms with Gasteiger partial charge in [0.05, 0.1) is 19.3 Å². The van der Waals surface area contributed by atoms with E-state index in [1.54, 1.807) is 20.1 Å². The third kappa shape index (κ3) is 4.11. The summed E-state index contributed by atoms with van der Waals surface area (Å²) >= 11 is 0. The molecule has 94 valence electrons. The normalized spacial score (nSPS) is 13.1. The number of methoxy groups -OCH3 is 1. The number of benzene rings is 1. The average molecular weight is 236 g/mol. The molecule has 1 rings (SSSR count). The summed E-state index contributed by atoms with van der Waals surface area (Å²) < 4.78 is 11.0. The van der Waals surface area contributed by atoms with Gasteiger partial charge in [0.25, 0.3) is 0 Å². The van der Waals surface area contributed by atoms with Crippen LogP contribution in [-0.2, 0) is 0 Å². The number of rotatable bonds is 5. The van der Waals surface area contributed by atoms with Crippen LogP contribution >= 0.6 is 0 Å². The molecule has 17 heavy (non-hydrogen) atoms. The smallest absolute Gasteiger partial charge is 0.168 e. The first-order valence-electron chi connectivity index (χ1n) is 5.74. The number of aliphatic hydroxyl groups excluding tert-OH is 1. The molecule has 0 spiro atoms. The Morgan fingerprint density at radius 3 is 2.47 bits per heavy atom. The van der Waals surface area contributed by atoms with Gasteiger partial charge in [-0.3, -0.25) is 0 Å². The van der Waals surface area contributed by atoms with Crippen molar-refractivity contribution in [3.05, 3.63) is 29.8 Å². The fraction of sp³-hybridized carbons (Fsp3) is 0.429. The van der Waals surface area contributed by atoms with Crippen molar-refractivity contribution in [2.24, 2.45) is 0 Å². The second kappa shape index (κ2) is 6.30. The molecule has 1 aromatic carbocycles. The monoisotopic (exact) mass is 236 g/mol. The van der Waals surface area contributed by atoms with E-state index in [0.29, 0.717) is 11.5 Å². The number of hydrogen-bond donors (Lipinski definition) is 1. The van der Waals surface area contributed by atoms with E-state index in [0.717, 1.165) is 5.56 Å². The number of para-hydroxylation sites is 1. The zero-order valence-electron chi connectivity index (χ0n) is 10.8. The summed E-state index contributed by atoms with van der Waals surface area (Å²) in [5.41, 5.74) is 0.902. The molecule has 0 amide bonds. The van der Waals surface area contributed by atoms with E-state index < -0.39 is 6.10 Å². The SMILES string of the molecule is COc1cccc(/C=C/C(C)O)c1OC(C)C. The Kier molecular flexibility index (Phi) is 5.04. The Balaban J connectivity index is 3.09. The maximum absolute atomic E-state index is 9.25. The van der Waals surface area contributed by atoms with E-state index in [-0.39, 0.29) is 6.10 Å². The molecule has 0 heterocycles. The van der Waals surface area contributed by atoms with Crippen molar-refractivity contribution < 1.29 is 14.6 Å². The van der Waals surface area contributed by atoms with Gasteiger partial charge in [0.2, 0.25) is 0 Å². The van der Waals surface area contributed by atoms with Gasteiger partial charge in [-0.05, 0) is 26.8 Å². The molecule has 1 aromatic rings. The molecular weight excluding hydrogens is 216 g/mol. The van der Waals surface area contributed by atoms with Gasteiger partial charge in [0, 0.05) is 5.56 Å². The van der Waals surface area contributed by atoms with Crippen LogP contribution in [0.25, 0.3) is 6.08 Å². The summed E-state index contributed by atoms with van der Waals surface area (Å²) in [6.45, 7) is 5.64. The van der Waals surface area contributed by atoms with Crippen molar-refractivity contribution >= 4 is 6.08 Å². The minimum atomic E-state index is -0.479. The van der Waals surface area contributed by atoms with E-state index in [1.165, 1.54) is 0 Å². The molecule has 3 heteroatoms. The third-order valence-corrected chi connectivity index (χ3v) is 2.14. The Labute approximate surface area is 103 Å². The molecule has 0 aliphatic carbocycles. The van der Waals surface area contributed by atoms with E-state index in [9.17, 15) is 5.11 Å². The van der Waals surface area contributed by atoms with Gasteiger partial charge in [-0.2, -0.15) is 0 Å².